The summed E-state index contributed by atoms with van der Waals surface area (Å²) in [5.74, 6) is 0.763. The van der Waals surface area contributed by atoms with Crippen molar-refractivity contribution < 1.29 is 9.53 Å². The van der Waals surface area contributed by atoms with Crippen LogP contribution in [-0.2, 0) is 11.2 Å². The Labute approximate surface area is 112 Å². The summed E-state index contributed by atoms with van der Waals surface area (Å²) in [6.45, 7) is 0. The van der Waals surface area contributed by atoms with Crippen LogP contribution in [0.2, 0.25) is 0 Å². The highest BCUT2D eigenvalue weighted by atomic mass is 35.5. The van der Waals surface area contributed by atoms with Crippen LogP contribution >= 0.6 is 11.6 Å². The number of alkyl halides is 1. The van der Waals surface area contributed by atoms with Crippen molar-refractivity contribution in [3.63, 3.8) is 0 Å². The van der Waals surface area contributed by atoms with Crippen LogP contribution < -0.4 is 10.1 Å². The van der Waals surface area contributed by atoms with E-state index in [1.165, 1.54) is 0 Å². The Balaban J connectivity index is 1.94. The predicted molar refractivity (Wildman–Crippen MR) is 72.1 cm³/mol. The first-order chi connectivity index (χ1) is 8.70. The molecule has 2 unspecified atom stereocenters. The molecule has 1 saturated carbocycles. The fourth-order valence-corrected chi connectivity index (χ4v) is 2.70. The van der Waals surface area contributed by atoms with Gasteiger partial charge in [-0.3, -0.25) is 4.79 Å². The van der Waals surface area contributed by atoms with Crippen molar-refractivity contribution in [3.05, 3.63) is 29.8 Å². The van der Waals surface area contributed by atoms with E-state index < -0.39 is 0 Å². The number of amides is 1. The lowest BCUT2D eigenvalue weighted by Gasteiger charge is -2.16. The monoisotopic (exact) mass is 267 g/mol. The van der Waals surface area contributed by atoms with Crippen molar-refractivity contribution in [3.8, 4) is 5.75 Å². The lowest BCUT2D eigenvalue weighted by atomic mass is 10.1. The lowest BCUT2D eigenvalue weighted by Crippen LogP contribution is -2.38. The maximum atomic E-state index is 12.0. The standard InChI is InChI=1S/C14H18ClNO2/c1-18-13-8-3-2-5-10(13)9-14(17)16-12-7-4-6-11(12)15/h2-3,5,8,11-12H,4,6-7,9H2,1H3,(H,16,17). The number of hydrogen-bond acceptors (Lipinski definition) is 2. The first kappa shape index (κ1) is 13.2. The second-order valence-corrected chi connectivity index (χ2v) is 5.17. The van der Waals surface area contributed by atoms with Crippen LogP contribution in [0.25, 0.3) is 0 Å². The largest absolute Gasteiger partial charge is 0.496 e. The van der Waals surface area contributed by atoms with Crippen LogP contribution in [0.1, 0.15) is 24.8 Å². The molecule has 0 aromatic heterocycles. The summed E-state index contributed by atoms with van der Waals surface area (Å²) < 4.78 is 5.23. The summed E-state index contributed by atoms with van der Waals surface area (Å²) in [5, 5.41) is 3.08. The Morgan fingerprint density at radius 1 is 1.44 bits per heavy atom. The van der Waals surface area contributed by atoms with Gasteiger partial charge in [-0.1, -0.05) is 18.2 Å². The Morgan fingerprint density at radius 2 is 2.22 bits per heavy atom. The van der Waals surface area contributed by atoms with Gasteiger partial charge in [0.15, 0.2) is 0 Å². The fraction of sp³-hybridized carbons (Fsp3) is 0.500. The van der Waals surface area contributed by atoms with E-state index in [1.807, 2.05) is 24.3 Å². The Kier molecular flexibility index (Phi) is 4.48. The molecule has 0 saturated heterocycles. The van der Waals surface area contributed by atoms with Gasteiger partial charge < -0.3 is 10.1 Å². The van der Waals surface area contributed by atoms with Gasteiger partial charge in [0.05, 0.1) is 18.9 Å². The van der Waals surface area contributed by atoms with Crippen molar-refractivity contribution in [2.24, 2.45) is 0 Å². The highest BCUT2D eigenvalue weighted by Gasteiger charge is 2.26. The van der Waals surface area contributed by atoms with Gasteiger partial charge in [-0.05, 0) is 25.3 Å². The summed E-state index contributed by atoms with van der Waals surface area (Å²) in [5.41, 5.74) is 0.904. The molecule has 0 radical (unpaired) electrons. The Morgan fingerprint density at radius 3 is 2.89 bits per heavy atom. The smallest absolute Gasteiger partial charge is 0.224 e. The zero-order valence-electron chi connectivity index (χ0n) is 10.5. The molecule has 0 spiro atoms. The SMILES string of the molecule is COc1ccccc1CC(=O)NC1CCCC1Cl. The zero-order chi connectivity index (χ0) is 13.0. The number of carbonyl (C=O) groups excluding carboxylic acids is 1. The van der Waals surface area contributed by atoms with Crippen LogP contribution in [0.3, 0.4) is 0 Å². The highest BCUT2D eigenvalue weighted by molar-refractivity contribution is 6.21. The van der Waals surface area contributed by atoms with E-state index in [0.29, 0.717) is 6.42 Å². The molecule has 2 atom stereocenters. The van der Waals surface area contributed by atoms with Crippen molar-refractivity contribution in [1.29, 1.82) is 0 Å². The average molecular weight is 268 g/mol. The van der Waals surface area contributed by atoms with Gasteiger partial charge in [-0.2, -0.15) is 0 Å². The molecule has 3 nitrogen and oxygen atoms in total. The maximum Gasteiger partial charge on any atom is 0.224 e. The molecule has 1 amide bonds. The summed E-state index contributed by atoms with van der Waals surface area (Å²) in [7, 11) is 1.61. The summed E-state index contributed by atoms with van der Waals surface area (Å²) in [4.78, 5) is 12.0. The molecule has 18 heavy (non-hydrogen) atoms. The normalized spacial score (nSPS) is 22.8. The quantitative estimate of drug-likeness (QED) is 0.852. The lowest BCUT2D eigenvalue weighted by molar-refractivity contribution is -0.121. The maximum absolute atomic E-state index is 12.0. The average Bonchev–Trinajstić information content (AvgIpc) is 2.75. The summed E-state index contributed by atoms with van der Waals surface area (Å²) in [6, 6.07) is 7.69. The van der Waals surface area contributed by atoms with E-state index in [4.69, 9.17) is 16.3 Å². The minimum Gasteiger partial charge on any atom is -0.496 e. The minimum atomic E-state index is 0.0112. The molecule has 1 aromatic rings. The van der Waals surface area contributed by atoms with Crippen molar-refractivity contribution in [2.45, 2.75) is 37.1 Å². The van der Waals surface area contributed by atoms with E-state index in [0.717, 1.165) is 30.6 Å². The molecule has 0 heterocycles. The Hall–Kier alpha value is -1.22. The van der Waals surface area contributed by atoms with Crippen LogP contribution in [0.15, 0.2) is 24.3 Å². The molecule has 0 aliphatic heterocycles. The van der Waals surface area contributed by atoms with Gasteiger partial charge in [0.2, 0.25) is 5.91 Å². The van der Waals surface area contributed by atoms with Gasteiger partial charge in [0, 0.05) is 11.6 Å². The first-order valence-corrected chi connectivity index (χ1v) is 6.69. The first-order valence-electron chi connectivity index (χ1n) is 6.26. The fourth-order valence-electron chi connectivity index (χ4n) is 2.36. The van der Waals surface area contributed by atoms with E-state index in [-0.39, 0.29) is 17.3 Å². The molecule has 1 aliphatic carbocycles. The number of hydrogen-bond donors (Lipinski definition) is 1. The third-order valence-corrected chi connectivity index (χ3v) is 3.84. The molecule has 1 fully saturated rings. The number of rotatable bonds is 4. The Bertz CT molecular complexity index is 422. The van der Waals surface area contributed by atoms with Crippen molar-refractivity contribution >= 4 is 17.5 Å². The van der Waals surface area contributed by atoms with Crippen molar-refractivity contribution in [2.75, 3.05) is 7.11 Å². The number of halogens is 1. The second-order valence-electron chi connectivity index (χ2n) is 4.61. The van der Waals surface area contributed by atoms with Gasteiger partial charge in [-0.25, -0.2) is 0 Å². The van der Waals surface area contributed by atoms with E-state index in [1.54, 1.807) is 7.11 Å². The second kappa shape index (κ2) is 6.10. The van der Waals surface area contributed by atoms with E-state index in [2.05, 4.69) is 5.32 Å². The molecular weight excluding hydrogens is 250 g/mol. The number of nitrogens with one attached hydrogen (secondary N) is 1. The molecule has 4 heteroatoms. The third kappa shape index (κ3) is 3.16. The van der Waals surface area contributed by atoms with E-state index >= 15 is 0 Å². The molecule has 98 valence electrons. The molecule has 1 N–H and O–H groups in total. The highest BCUT2D eigenvalue weighted by Crippen LogP contribution is 2.24. The van der Waals surface area contributed by atoms with Crippen LogP contribution in [0.4, 0.5) is 0 Å². The van der Waals surface area contributed by atoms with Crippen LogP contribution in [0, 0.1) is 0 Å². The number of ether oxygens (including phenoxy) is 1. The molecular formula is C14H18ClNO2. The molecule has 2 rings (SSSR count). The number of benzene rings is 1. The third-order valence-electron chi connectivity index (χ3n) is 3.32. The summed E-state index contributed by atoms with van der Waals surface area (Å²) in [6.07, 6.45) is 3.39. The van der Waals surface area contributed by atoms with Gasteiger partial charge in [-0.15, -0.1) is 11.6 Å². The number of para-hydroxylation sites is 1. The topological polar surface area (TPSA) is 38.3 Å². The number of methoxy groups -OCH3 is 1. The zero-order valence-corrected chi connectivity index (χ0v) is 11.2. The number of carbonyl (C=O) groups is 1. The van der Waals surface area contributed by atoms with Gasteiger partial charge in [0.1, 0.15) is 5.75 Å². The predicted octanol–water partition coefficient (Wildman–Crippen LogP) is 2.51. The van der Waals surface area contributed by atoms with Gasteiger partial charge >= 0.3 is 0 Å². The molecule has 0 bridgehead atoms. The molecule has 1 aromatic carbocycles. The van der Waals surface area contributed by atoms with Crippen LogP contribution in [-0.4, -0.2) is 24.4 Å². The van der Waals surface area contributed by atoms with Gasteiger partial charge in [0.25, 0.3) is 0 Å². The summed E-state index contributed by atoms with van der Waals surface area (Å²) >= 11 is 6.14. The van der Waals surface area contributed by atoms with Crippen molar-refractivity contribution in [1.82, 2.24) is 5.32 Å². The van der Waals surface area contributed by atoms with E-state index in [9.17, 15) is 4.79 Å². The molecule has 1 aliphatic rings. The minimum absolute atomic E-state index is 0.0112. The van der Waals surface area contributed by atoms with Crippen LogP contribution in [0.5, 0.6) is 5.75 Å².